The number of likely N-dealkylation sites (N-methyl/N-ethyl adjacent to an activating group) is 1. The van der Waals surface area contributed by atoms with Crippen LogP contribution in [0.4, 0.5) is 5.69 Å². The maximum atomic E-state index is 11.9. The number of hydrogen-bond acceptors (Lipinski definition) is 5. The first-order valence-electron chi connectivity index (χ1n) is 7.57. The van der Waals surface area contributed by atoms with Crippen molar-refractivity contribution < 1.29 is 14.6 Å². The molecule has 0 radical (unpaired) electrons. The van der Waals surface area contributed by atoms with Crippen LogP contribution < -0.4 is 20.7 Å². The van der Waals surface area contributed by atoms with Gasteiger partial charge in [-0.05, 0) is 31.9 Å². The third-order valence-corrected chi connectivity index (χ3v) is 3.96. The van der Waals surface area contributed by atoms with Crippen LogP contribution >= 0.6 is 0 Å². The molecule has 0 saturated heterocycles. The van der Waals surface area contributed by atoms with E-state index in [0.717, 1.165) is 17.0 Å². The molecule has 1 aliphatic heterocycles. The molecule has 22 heavy (non-hydrogen) atoms. The van der Waals surface area contributed by atoms with Gasteiger partial charge in [-0.25, -0.2) is 0 Å². The molecule has 1 aromatic rings. The van der Waals surface area contributed by atoms with E-state index in [1.54, 1.807) is 0 Å². The van der Waals surface area contributed by atoms with E-state index in [4.69, 9.17) is 10.5 Å². The molecule has 1 aliphatic rings. The van der Waals surface area contributed by atoms with Crippen LogP contribution in [0.15, 0.2) is 18.2 Å². The lowest BCUT2D eigenvalue weighted by Gasteiger charge is -2.29. The Hall–Kier alpha value is -1.79. The first kappa shape index (κ1) is 16.6. The highest BCUT2D eigenvalue weighted by Crippen LogP contribution is 2.28. The zero-order chi connectivity index (χ0) is 16.3. The number of nitrogens with one attached hydrogen (secondary N) is 1. The number of aliphatic hydroxyl groups is 1. The SMILES string of the molecule is CC(N)C(C)Oc1ccc2c(c1)N(C)CC(=O)NC(CO)C2. The van der Waals surface area contributed by atoms with E-state index >= 15 is 0 Å². The quantitative estimate of drug-likeness (QED) is 0.743. The van der Waals surface area contributed by atoms with Crippen molar-refractivity contribution in [3.8, 4) is 5.75 Å². The molecular weight excluding hydrogens is 282 g/mol. The van der Waals surface area contributed by atoms with Crippen molar-refractivity contribution in [1.29, 1.82) is 0 Å². The minimum Gasteiger partial charge on any atom is -0.489 e. The van der Waals surface area contributed by atoms with E-state index in [-0.39, 0.29) is 37.2 Å². The van der Waals surface area contributed by atoms with Gasteiger partial charge in [0.1, 0.15) is 11.9 Å². The lowest BCUT2D eigenvalue weighted by Crippen LogP contribution is -2.46. The highest BCUT2D eigenvalue weighted by Gasteiger charge is 2.22. The van der Waals surface area contributed by atoms with Crippen LogP contribution in [0.5, 0.6) is 5.75 Å². The van der Waals surface area contributed by atoms with Gasteiger partial charge in [0.05, 0.1) is 19.2 Å². The summed E-state index contributed by atoms with van der Waals surface area (Å²) in [7, 11) is 1.87. The fraction of sp³-hybridized carbons (Fsp3) is 0.562. The van der Waals surface area contributed by atoms with Gasteiger partial charge in [-0.1, -0.05) is 6.07 Å². The maximum Gasteiger partial charge on any atom is 0.239 e. The molecule has 6 heteroatoms. The normalized spacial score (nSPS) is 21.2. The van der Waals surface area contributed by atoms with Crippen LogP contribution in [-0.4, -0.2) is 49.4 Å². The van der Waals surface area contributed by atoms with Gasteiger partial charge in [0.2, 0.25) is 5.91 Å². The third kappa shape index (κ3) is 3.90. The summed E-state index contributed by atoms with van der Waals surface area (Å²) in [6, 6.07) is 5.50. The Morgan fingerprint density at radius 1 is 1.50 bits per heavy atom. The molecule has 0 bridgehead atoms. The van der Waals surface area contributed by atoms with Crippen LogP contribution in [0, 0.1) is 0 Å². The highest BCUT2D eigenvalue weighted by atomic mass is 16.5. The van der Waals surface area contributed by atoms with E-state index in [1.807, 2.05) is 44.0 Å². The van der Waals surface area contributed by atoms with Gasteiger partial charge in [0, 0.05) is 24.8 Å². The van der Waals surface area contributed by atoms with Gasteiger partial charge in [0.25, 0.3) is 0 Å². The summed E-state index contributed by atoms with van der Waals surface area (Å²) in [5, 5.41) is 12.2. The van der Waals surface area contributed by atoms with Crippen LogP contribution in [-0.2, 0) is 11.2 Å². The third-order valence-electron chi connectivity index (χ3n) is 3.96. The van der Waals surface area contributed by atoms with Crippen molar-refractivity contribution in [2.75, 3.05) is 25.1 Å². The highest BCUT2D eigenvalue weighted by molar-refractivity contribution is 5.82. The largest absolute Gasteiger partial charge is 0.489 e. The van der Waals surface area contributed by atoms with Crippen molar-refractivity contribution >= 4 is 11.6 Å². The first-order valence-corrected chi connectivity index (χ1v) is 7.57. The Bertz CT molecular complexity index is 533. The lowest BCUT2D eigenvalue weighted by molar-refractivity contribution is -0.120. The Kier molecular flexibility index (Phi) is 5.26. The van der Waals surface area contributed by atoms with E-state index < -0.39 is 0 Å². The summed E-state index contributed by atoms with van der Waals surface area (Å²) in [6.45, 7) is 4.01. The number of carbonyl (C=O) groups is 1. The Balaban J connectivity index is 2.28. The number of carbonyl (C=O) groups excluding carboxylic acids is 1. The van der Waals surface area contributed by atoms with Crippen molar-refractivity contribution in [3.05, 3.63) is 23.8 Å². The topological polar surface area (TPSA) is 87.8 Å². The average molecular weight is 307 g/mol. The number of rotatable bonds is 4. The van der Waals surface area contributed by atoms with Crippen molar-refractivity contribution in [2.45, 2.75) is 38.5 Å². The van der Waals surface area contributed by atoms with Gasteiger partial charge < -0.3 is 25.8 Å². The van der Waals surface area contributed by atoms with E-state index in [2.05, 4.69) is 5.32 Å². The number of amides is 1. The number of ether oxygens (including phenoxy) is 1. The summed E-state index contributed by atoms with van der Waals surface area (Å²) in [6.07, 6.45) is 0.496. The molecule has 4 N–H and O–H groups in total. The summed E-state index contributed by atoms with van der Waals surface area (Å²) in [5.74, 6) is 0.638. The lowest BCUT2D eigenvalue weighted by atomic mass is 10.0. The molecule has 1 amide bonds. The second-order valence-corrected chi connectivity index (χ2v) is 5.98. The number of nitrogens with two attached hydrogens (primary N) is 1. The molecule has 1 heterocycles. The molecule has 6 nitrogen and oxygen atoms in total. The summed E-state index contributed by atoms with van der Waals surface area (Å²) in [5.41, 5.74) is 7.85. The zero-order valence-corrected chi connectivity index (χ0v) is 13.4. The van der Waals surface area contributed by atoms with Gasteiger partial charge in [-0.3, -0.25) is 4.79 Å². The van der Waals surface area contributed by atoms with Gasteiger partial charge >= 0.3 is 0 Å². The van der Waals surface area contributed by atoms with Gasteiger partial charge in [-0.15, -0.1) is 0 Å². The minimum absolute atomic E-state index is 0.0655. The van der Waals surface area contributed by atoms with Crippen molar-refractivity contribution in [2.24, 2.45) is 5.73 Å². The number of fused-ring (bicyclic) bond motifs is 1. The maximum absolute atomic E-state index is 11.9. The number of aliphatic hydroxyl groups excluding tert-OH is 1. The van der Waals surface area contributed by atoms with E-state index in [1.165, 1.54) is 0 Å². The zero-order valence-electron chi connectivity index (χ0n) is 13.4. The van der Waals surface area contributed by atoms with E-state index in [9.17, 15) is 9.90 Å². The average Bonchev–Trinajstić information content (AvgIpc) is 2.46. The fourth-order valence-electron chi connectivity index (χ4n) is 2.47. The van der Waals surface area contributed by atoms with Gasteiger partial charge in [-0.2, -0.15) is 0 Å². The van der Waals surface area contributed by atoms with Crippen LogP contribution in [0.1, 0.15) is 19.4 Å². The second-order valence-electron chi connectivity index (χ2n) is 5.98. The Morgan fingerprint density at radius 2 is 2.23 bits per heavy atom. The molecule has 1 aromatic carbocycles. The Labute approximate surface area is 131 Å². The predicted octanol–water partition coefficient (Wildman–Crippen LogP) is 0.271. The molecule has 2 rings (SSSR count). The molecule has 0 aliphatic carbocycles. The first-order chi connectivity index (χ1) is 10.4. The van der Waals surface area contributed by atoms with Crippen molar-refractivity contribution in [3.63, 3.8) is 0 Å². The van der Waals surface area contributed by atoms with Crippen molar-refractivity contribution in [1.82, 2.24) is 5.32 Å². The number of benzene rings is 1. The number of hydrogen-bond donors (Lipinski definition) is 3. The second kappa shape index (κ2) is 6.98. The molecule has 122 valence electrons. The standard InChI is InChI=1S/C16H25N3O3/c1-10(17)11(2)22-14-5-4-12-6-13(9-20)18-16(21)8-19(3)15(12)7-14/h4-5,7,10-11,13,20H,6,8-9,17H2,1-3H3,(H,18,21). The summed E-state index contributed by atoms with van der Waals surface area (Å²) in [4.78, 5) is 13.8. The molecule has 0 aromatic heterocycles. The van der Waals surface area contributed by atoms with Crippen LogP contribution in [0.2, 0.25) is 0 Å². The molecule has 3 unspecified atom stereocenters. The monoisotopic (exact) mass is 307 g/mol. The molecular formula is C16H25N3O3. The molecule has 3 atom stereocenters. The fourth-order valence-corrected chi connectivity index (χ4v) is 2.47. The molecule has 0 spiro atoms. The summed E-state index contributed by atoms with van der Waals surface area (Å²) < 4.78 is 5.84. The van der Waals surface area contributed by atoms with Crippen LogP contribution in [0.3, 0.4) is 0 Å². The molecule has 0 fully saturated rings. The number of nitrogens with zero attached hydrogens (tertiary/aromatic N) is 1. The van der Waals surface area contributed by atoms with Gasteiger partial charge in [0.15, 0.2) is 0 Å². The predicted molar refractivity (Wildman–Crippen MR) is 86.2 cm³/mol. The summed E-state index contributed by atoms with van der Waals surface area (Å²) >= 11 is 0. The minimum atomic E-state index is -0.255. The van der Waals surface area contributed by atoms with E-state index in [0.29, 0.717) is 6.42 Å². The number of anilines is 1. The Morgan fingerprint density at radius 3 is 2.86 bits per heavy atom. The van der Waals surface area contributed by atoms with Crippen LogP contribution in [0.25, 0.3) is 0 Å². The molecule has 0 saturated carbocycles. The smallest absolute Gasteiger partial charge is 0.239 e.